The molecule has 0 aromatic heterocycles. The van der Waals surface area contributed by atoms with Crippen LogP contribution >= 0.6 is 11.6 Å². The molecule has 0 aromatic carbocycles. The molecule has 0 radical (unpaired) electrons. The van der Waals surface area contributed by atoms with Gasteiger partial charge in [-0.05, 0) is 63.3 Å². The Labute approximate surface area is 154 Å². The zero-order chi connectivity index (χ0) is 17.8. The molecule has 0 saturated heterocycles. The Hall–Kier alpha value is -1.68. The highest BCUT2D eigenvalue weighted by atomic mass is 35.5. The Morgan fingerprint density at radius 2 is 2.32 bits per heavy atom. The predicted molar refractivity (Wildman–Crippen MR) is 104 cm³/mol. The second-order valence-electron chi connectivity index (χ2n) is 6.98. The van der Waals surface area contributed by atoms with Crippen LogP contribution in [0.3, 0.4) is 0 Å². The summed E-state index contributed by atoms with van der Waals surface area (Å²) in [5, 5.41) is 0.125. The number of aliphatic imine (C=N–C) groups is 2. The molecule has 0 aromatic rings. The maximum absolute atomic E-state index is 13.2. The summed E-state index contributed by atoms with van der Waals surface area (Å²) in [5.74, 6) is 0.568. The van der Waals surface area contributed by atoms with Gasteiger partial charge < -0.3 is 4.90 Å². The van der Waals surface area contributed by atoms with Crippen molar-refractivity contribution in [3.05, 3.63) is 47.9 Å². The normalized spacial score (nSPS) is 32.1. The summed E-state index contributed by atoms with van der Waals surface area (Å²) in [6.45, 7) is 5.45. The predicted octanol–water partition coefficient (Wildman–Crippen LogP) is 5.37. The number of hydrogen-bond acceptors (Lipinski definition) is 3. The smallest absolute Gasteiger partial charge is 0.141 e. The van der Waals surface area contributed by atoms with Crippen LogP contribution in [0.2, 0.25) is 0 Å². The van der Waals surface area contributed by atoms with Gasteiger partial charge in [0.1, 0.15) is 18.3 Å². The minimum atomic E-state index is -0.471. The van der Waals surface area contributed by atoms with Crippen molar-refractivity contribution >= 4 is 23.7 Å². The number of hydrogen-bond donors (Lipinski definition) is 0. The van der Waals surface area contributed by atoms with Crippen molar-refractivity contribution in [3.8, 4) is 0 Å². The highest BCUT2D eigenvalue weighted by molar-refractivity contribution is 6.31. The molecule has 5 heteroatoms. The van der Waals surface area contributed by atoms with Gasteiger partial charge >= 0.3 is 0 Å². The van der Waals surface area contributed by atoms with Crippen molar-refractivity contribution in [2.45, 2.75) is 51.2 Å². The van der Waals surface area contributed by atoms with Crippen LogP contribution in [0.4, 0.5) is 4.39 Å². The SMILES string of the molecule is C=C/C(F)=C(Cl)\C=C/CCC1CCC(N2C=CC3C(C)=NC=NC32)C1. The molecule has 0 amide bonds. The fourth-order valence-electron chi connectivity index (χ4n) is 3.98. The molecular formula is C20H25ClFN3. The summed E-state index contributed by atoms with van der Waals surface area (Å²) < 4.78 is 13.2. The average Bonchev–Trinajstić information content (AvgIpc) is 3.25. The molecule has 1 aliphatic carbocycles. The molecule has 3 nitrogen and oxygen atoms in total. The largest absolute Gasteiger partial charge is 0.352 e. The van der Waals surface area contributed by atoms with E-state index in [0.717, 1.165) is 24.6 Å². The van der Waals surface area contributed by atoms with E-state index in [4.69, 9.17) is 11.6 Å². The number of rotatable bonds is 6. The minimum Gasteiger partial charge on any atom is -0.352 e. The van der Waals surface area contributed by atoms with Crippen LogP contribution in [0.5, 0.6) is 0 Å². The average molecular weight is 362 g/mol. The maximum Gasteiger partial charge on any atom is 0.141 e. The Morgan fingerprint density at radius 3 is 3.12 bits per heavy atom. The van der Waals surface area contributed by atoms with Crippen LogP contribution in [-0.2, 0) is 0 Å². The lowest BCUT2D eigenvalue weighted by Crippen LogP contribution is -2.40. The molecule has 134 valence electrons. The van der Waals surface area contributed by atoms with E-state index in [2.05, 4.69) is 40.7 Å². The van der Waals surface area contributed by atoms with Crippen molar-refractivity contribution < 1.29 is 4.39 Å². The van der Waals surface area contributed by atoms with Gasteiger partial charge in [-0.2, -0.15) is 0 Å². The molecule has 25 heavy (non-hydrogen) atoms. The molecular weight excluding hydrogens is 337 g/mol. The quantitative estimate of drug-likeness (QED) is 0.584. The Morgan fingerprint density at radius 1 is 1.48 bits per heavy atom. The van der Waals surface area contributed by atoms with E-state index in [1.54, 1.807) is 12.4 Å². The monoisotopic (exact) mass is 361 g/mol. The topological polar surface area (TPSA) is 28.0 Å². The zero-order valence-corrected chi connectivity index (χ0v) is 15.4. The van der Waals surface area contributed by atoms with Crippen LogP contribution < -0.4 is 0 Å². The van der Waals surface area contributed by atoms with E-state index < -0.39 is 5.83 Å². The number of halogens is 2. The first kappa shape index (κ1) is 18.1. The Balaban J connectivity index is 1.48. The van der Waals surface area contributed by atoms with Crippen LogP contribution in [-0.4, -0.2) is 29.2 Å². The van der Waals surface area contributed by atoms with E-state index in [1.165, 1.54) is 19.3 Å². The molecule has 2 heterocycles. The Bertz CT molecular complexity index is 662. The lowest BCUT2D eigenvalue weighted by molar-refractivity contribution is 0.210. The van der Waals surface area contributed by atoms with E-state index in [1.807, 2.05) is 6.08 Å². The van der Waals surface area contributed by atoms with Crippen molar-refractivity contribution in [2.75, 3.05) is 0 Å². The van der Waals surface area contributed by atoms with Crippen molar-refractivity contribution in [2.24, 2.45) is 21.8 Å². The molecule has 0 spiro atoms. The fourth-order valence-corrected chi connectivity index (χ4v) is 4.15. The number of nitrogens with zero attached hydrogens (tertiary/aromatic N) is 3. The third kappa shape index (κ3) is 4.12. The lowest BCUT2D eigenvalue weighted by atomic mass is 10.00. The summed E-state index contributed by atoms with van der Waals surface area (Å²) in [6.07, 6.45) is 16.7. The molecule has 4 atom stereocenters. The van der Waals surface area contributed by atoms with Gasteiger partial charge in [0.2, 0.25) is 0 Å². The van der Waals surface area contributed by atoms with Crippen LogP contribution in [0.1, 0.15) is 39.0 Å². The summed E-state index contributed by atoms with van der Waals surface area (Å²) in [4.78, 5) is 11.3. The highest BCUT2D eigenvalue weighted by Gasteiger charge is 2.38. The molecule has 0 N–H and O–H groups in total. The third-order valence-corrected chi connectivity index (χ3v) is 5.71. The number of fused-ring (bicyclic) bond motifs is 1. The lowest BCUT2D eigenvalue weighted by Gasteiger charge is -2.33. The molecule has 3 rings (SSSR count). The van der Waals surface area contributed by atoms with Gasteiger partial charge in [-0.25, -0.2) is 14.4 Å². The summed E-state index contributed by atoms with van der Waals surface area (Å²) >= 11 is 5.82. The zero-order valence-electron chi connectivity index (χ0n) is 14.6. The van der Waals surface area contributed by atoms with E-state index in [9.17, 15) is 4.39 Å². The maximum atomic E-state index is 13.2. The first-order chi connectivity index (χ1) is 12.1. The standard InChI is InChI=1S/C20H25ClFN3/c1-3-19(22)18(21)7-5-4-6-15-8-9-16(12-15)25-11-10-17-14(2)23-13-24-20(17)25/h3,5,7,10-11,13,15-17,20H,1,4,6,8-9,12H2,2H3/b7-5-,19-18-. The highest BCUT2D eigenvalue weighted by Crippen LogP contribution is 2.38. The second kappa shape index (κ2) is 8.13. The summed E-state index contributed by atoms with van der Waals surface area (Å²) in [7, 11) is 0. The van der Waals surface area contributed by atoms with Gasteiger partial charge in [0, 0.05) is 11.8 Å². The van der Waals surface area contributed by atoms with E-state index in [-0.39, 0.29) is 11.2 Å². The van der Waals surface area contributed by atoms with Crippen LogP contribution in [0.25, 0.3) is 0 Å². The molecule has 4 unspecified atom stereocenters. The third-order valence-electron chi connectivity index (χ3n) is 5.40. The summed E-state index contributed by atoms with van der Waals surface area (Å²) in [6, 6.07) is 0.560. The second-order valence-corrected chi connectivity index (χ2v) is 7.38. The van der Waals surface area contributed by atoms with Gasteiger partial charge in [-0.3, -0.25) is 0 Å². The van der Waals surface area contributed by atoms with Gasteiger partial charge in [0.25, 0.3) is 0 Å². The number of allylic oxidation sites excluding steroid dienone is 5. The van der Waals surface area contributed by atoms with Crippen LogP contribution in [0, 0.1) is 11.8 Å². The molecule has 2 aliphatic heterocycles. The first-order valence-corrected chi connectivity index (χ1v) is 9.34. The Kier molecular flexibility index (Phi) is 5.89. The fraction of sp³-hybridized carbons (Fsp3) is 0.500. The molecule has 0 bridgehead atoms. The minimum absolute atomic E-state index is 0.125. The molecule has 1 fully saturated rings. The van der Waals surface area contributed by atoms with Gasteiger partial charge in [0.05, 0.1) is 11.0 Å². The van der Waals surface area contributed by atoms with Crippen molar-refractivity contribution in [1.29, 1.82) is 0 Å². The van der Waals surface area contributed by atoms with Crippen molar-refractivity contribution in [3.63, 3.8) is 0 Å². The van der Waals surface area contributed by atoms with Crippen molar-refractivity contribution in [1.82, 2.24) is 4.90 Å². The molecule has 3 aliphatic rings. The van der Waals surface area contributed by atoms with Gasteiger partial charge in [-0.1, -0.05) is 30.3 Å². The van der Waals surface area contributed by atoms with Gasteiger partial charge in [-0.15, -0.1) is 0 Å². The molecule has 1 saturated carbocycles. The summed E-state index contributed by atoms with van der Waals surface area (Å²) in [5.41, 5.74) is 1.15. The van der Waals surface area contributed by atoms with E-state index in [0.29, 0.717) is 17.9 Å². The van der Waals surface area contributed by atoms with E-state index >= 15 is 0 Å². The van der Waals surface area contributed by atoms with Gasteiger partial charge in [0.15, 0.2) is 0 Å². The first-order valence-electron chi connectivity index (χ1n) is 8.96. The van der Waals surface area contributed by atoms with Crippen LogP contribution in [0.15, 0.2) is 57.9 Å².